The molecular formula is C20H17FN4O3. The molecule has 8 heteroatoms. The zero-order valence-electron chi connectivity index (χ0n) is 15.0. The van der Waals surface area contributed by atoms with Gasteiger partial charge >= 0.3 is 5.97 Å². The van der Waals surface area contributed by atoms with Crippen LogP contribution in [0.5, 0.6) is 0 Å². The van der Waals surface area contributed by atoms with Crippen LogP contribution in [0.25, 0.3) is 0 Å². The monoisotopic (exact) mass is 380 g/mol. The number of benzene rings is 2. The fourth-order valence-corrected chi connectivity index (χ4v) is 2.35. The molecule has 0 atom stereocenters. The average Bonchev–Trinajstić information content (AvgIpc) is 2.73. The van der Waals surface area contributed by atoms with Crippen LogP contribution in [0.2, 0.25) is 0 Å². The third-order valence-corrected chi connectivity index (χ3v) is 3.85. The molecule has 2 N–H and O–H groups in total. The van der Waals surface area contributed by atoms with Crippen LogP contribution in [0.3, 0.4) is 0 Å². The van der Waals surface area contributed by atoms with Gasteiger partial charge in [-0.25, -0.2) is 9.18 Å². The second-order valence-corrected chi connectivity index (χ2v) is 5.81. The number of nitrogens with one attached hydrogen (secondary N) is 2. The molecule has 0 spiro atoms. The summed E-state index contributed by atoms with van der Waals surface area (Å²) in [5, 5.41) is 13.6. The Hall–Kier alpha value is -3.81. The van der Waals surface area contributed by atoms with Crippen LogP contribution >= 0.6 is 0 Å². The molecule has 3 rings (SSSR count). The van der Waals surface area contributed by atoms with Crippen molar-refractivity contribution < 1.29 is 18.7 Å². The highest BCUT2D eigenvalue weighted by Crippen LogP contribution is 2.12. The number of amides is 1. The van der Waals surface area contributed by atoms with Crippen molar-refractivity contribution in [3.8, 4) is 0 Å². The van der Waals surface area contributed by atoms with Crippen molar-refractivity contribution in [2.75, 3.05) is 17.7 Å². The van der Waals surface area contributed by atoms with E-state index in [1.807, 2.05) is 0 Å². The summed E-state index contributed by atoms with van der Waals surface area (Å²) >= 11 is 0. The molecule has 0 saturated carbocycles. The summed E-state index contributed by atoms with van der Waals surface area (Å²) in [7, 11) is 1.30. The zero-order chi connectivity index (χ0) is 19.9. The Labute approximate surface area is 160 Å². The fraction of sp³-hybridized carbons (Fsp3) is 0.100. The summed E-state index contributed by atoms with van der Waals surface area (Å²) in [5.74, 6) is -0.682. The number of carbonyl (C=O) groups excluding carboxylic acids is 2. The van der Waals surface area contributed by atoms with E-state index in [4.69, 9.17) is 0 Å². The number of halogens is 1. The molecule has 0 unspecified atom stereocenters. The molecule has 0 radical (unpaired) electrons. The Bertz CT molecular complexity index is 958. The summed E-state index contributed by atoms with van der Waals surface area (Å²) in [6, 6.07) is 15.6. The number of ether oxygens (including phenoxy) is 1. The molecule has 1 aromatic heterocycles. The first-order chi connectivity index (χ1) is 13.5. The Morgan fingerprint density at radius 3 is 2.29 bits per heavy atom. The first-order valence-corrected chi connectivity index (χ1v) is 8.37. The largest absolute Gasteiger partial charge is 0.465 e. The molecule has 142 valence electrons. The third-order valence-electron chi connectivity index (χ3n) is 3.85. The first-order valence-electron chi connectivity index (χ1n) is 8.37. The molecule has 1 heterocycles. The number of anilines is 2. The lowest BCUT2D eigenvalue weighted by molar-refractivity contribution is 0.0600. The summed E-state index contributed by atoms with van der Waals surface area (Å²) in [4.78, 5) is 23.7. The molecule has 0 fully saturated rings. The second kappa shape index (κ2) is 8.72. The van der Waals surface area contributed by atoms with Crippen molar-refractivity contribution in [2.45, 2.75) is 6.54 Å². The number of methoxy groups -OCH3 is 1. The van der Waals surface area contributed by atoms with Gasteiger partial charge in [-0.2, -0.15) is 0 Å². The van der Waals surface area contributed by atoms with E-state index in [-0.39, 0.29) is 11.5 Å². The molecule has 28 heavy (non-hydrogen) atoms. The van der Waals surface area contributed by atoms with Gasteiger partial charge < -0.3 is 15.4 Å². The van der Waals surface area contributed by atoms with Gasteiger partial charge in [-0.15, -0.1) is 10.2 Å². The average molecular weight is 380 g/mol. The lowest BCUT2D eigenvalue weighted by Gasteiger charge is -2.07. The maximum Gasteiger partial charge on any atom is 0.337 e. The molecular weight excluding hydrogens is 363 g/mol. The summed E-state index contributed by atoms with van der Waals surface area (Å²) in [6.07, 6.45) is 0. The topological polar surface area (TPSA) is 93.2 Å². The highest BCUT2D eigenvalue weighted by atomic mass is 19.1. The summed E-state index contributed by atoms with van der Waals surface area (Å²) < 4.78 is 17.5. The molecule has 0 saturated heterocycles. The standard InChI is InChI=1S/C20H17FN4O3/c1-28-20(27)14-4-8-16(9-5-14)23-19(26)17-10-11-18(25-24-17)22-12-13-2-6-15(21)7-3-13/h2-11H,12H2,1H3,(H,22,25)(H,23,26). The number of nitrogens with zero attached hydrogens (tertiary/aromatic N) is 2. The minimum atomic E-state index is -0.451. The van der Waals surface area contributed by atoms with Gasteiger partial charge in [0.25, 0.3) is 5.91 Å². The number of aromatic nitrogens is 2. The molecule has 0 aliphatic carbocycles. The van der Waals surface area contributed by atoms with E-state index in [1.165, 1.54) is 25.3 Å². The third kappa shape index (κ3) is 4.88. The van der Waals surface area contributed by atoms with Crippen LogP contribution < -0.4 is 10.6 Å². The van der Waals surface area contributed by atoms with Crippen molar-refractivity contribution in [3.63, 3.8) is 0 Å². The molecule has 3 aromatic rings. The predicted octanol–water partition coefficient (Wildman–Crippen LogP) is 3.27. The summed E-state index contributed by atoms with van der Waals surface area (Å²) in [6.45, 7) is 0.451. The first kappa shape index (κ1) is 19.0. The number of esters is 1. The minimum Gasteiger partial charge on any atom is -0.465 e. The number of carbonyl (C=O) groups is 2. The van der Waals surface area contributed by atoms with Gasteiger partial charge in [-0.1, -0.05) is 12.1 Å². The lowest BCUT2D eigenvalue weighted by Crippen LogP contribution is -2.15. The van der Waals surface area contributed by atoms with Crippen LogP contribution in [-0.4, -0.2) is 29.2 Å². The zero-order valence-corrected chi connectivity index (χ0v) is 15.0. The highest BCUT2D eigenvalue weighted by molar-refractivity contribution is 6.03. The van der Waals surface area contributed by atoms with Crippen molar-refractivity contribution in [3.05, 3.63) is 83.3 Å². The van der Waals surface area contributed by atoms with E-state index < -0.39 is 11.9 Å². The van der Waals surface area contributed by atoms with Crippen molar-refractivity contribution in [1.82, 2.24) is 10.2 Å². The Morgan fingerprint density at radius 2 is 1.68 bits per heavy atom. The quantitative estimate of drug-likeness (QED) is 0.638. The van der Waals surface area contributed by atoms with Crippen LogP contribution in [0.4, 0.5) is 15.9 Å². The SMILES string of the molecule is COC(=O)c1ccc(NC(=O)c2ccc(NCc3ccc(F)cc3)nn2)cc1. The second-order valence-electron chi connectivity index (χ2n) is 5.81. The summed E-state index contributed by atoms with van der Waals surface area (Å²) in [5.41, 5.74) is 1.93. The van der Waals surface area contributed by atoms with Crippen molar-refractivity contribution in [2.24, 2.45) is 0 Å². The fourth-order valence-electron chi connectivity index (χ4n) is 2.35. The Balaban J connectivity index is 1.57. The van der Waals surface area contributed by atoms with Crippen LogP contribution in [0.15, 0.2) is 60.7 Å². The van der Waals surface area contributed by atoms with E-state index in [1.54, 1.807) is 42.5 Å². The molecule has 1 amide bonds. The molecule has 7 nitrogen and oxygen atoms in total. The van der Waals surface area contributed by atoms with Crippen molar-refractivity contribution in [1.29, 1.82) is 0 Å². The smallest absolute Gasteiger partial charge is 0.337 e. The number of hydrogen-bond donors (Lipinski definition) is 2. The molecule has 0 bridgehead atoms. The Kier molecular flexibility index (Phi) is 5.91. The maximum absolute atomic E-state index is 12.9. The Morgan fingerprint density at radius 1 is 0.964 bits per heavy atom. The van der Waals surface area contributed by atoms with E-state index in [0.717, 1.165) is 5.56 Å². The number of rotatable bonds is 6. The predicted molar refractivity (Wildman–Crippen MR) is 101 cm³/mol. The van der Waals surface area contributed by atoms with Gasteiger partial charge in [0, 0.05) is 12.2 Å². The molecule has 0 aliphatic heterocycles. The minimum absolute atomic E-state index is 0.143. The highest BCUT2D eigenvalue weighted by Gasteiger charge is 2.10. The van der Waals surface area contributed by atoms with Gasteiger partial charge in [0.1, 0.15) is 11.6 Å². The van der Waals surface area contributed by atoms with Gasteiger partial charge in [0.2, 0.25) is 0 Å². The van der Waals surface area contributed by atoms with E-state index in [9.17, 15) is 14.0 Å². The van der Waals surface area contributed by atoms with Gasteiger partial charge in [0.15, 0.2) is 5.69 Å². The van der Waals surface area contributed by atoms with E-state index in [2.05, 4.69) is 25.6 Å². The van der Waals surface area contributed by atoms with Gasteiger partial charge in [-0.3, -0.25) is 4.79 Å². The lowest BCUT2D eigenvalue weighted by atomic mass is 10.2. The molecule has 0 aliphatic rings. The van der Waals surface area contributed by atoms with Gasteiger partial charge in [0.05, 0.1) is 12.7 Å². The number of hydrogen-bond acceptors (Lipinski definition) is 6. The van der Waals surface area contributed by atoms with Crippen molar-refractivity contribution >= 4 is 23.4 Å². The van der Waals surface area contributed by atoms with Gasteiger partial charge in [-0.05, 0) is 54.1 Å². The van der Waals surface area contributed by atoms with Crippen LogP contribution in [0.1, 0.15) is 26.4 Å². The van der Waals surface area contributed by atoms with E-state index in [0.29, 0.717) is 23.6 Å². The molecule has 2 aromatic carbocycles. The van der Waals surface area contributed by atoms with Crippen LogP contribution in [0, 0.1) is 5.82 Å². The maximum atomic E-state index is 12.9. The normalized spacial score (nSPS) is 10.2. The van der Waals surface area contributed by atoms with E-state index >= 15 is 0 Å². The van der Waals surface area contributed by atoms with Crippen LogP contribution in [-0.2, 0) is 11.3 Å².